The van der Waals surface area contributed by atoms with Crippen molar-refractivity contribution in [1.29, 1.82) is 0 Å². The van der Waals surface area contributed by atoms with Crippen molar-refractivity contribution in [3.8, 4) is 0 Å². The van der Waals surface area contributed by atoms with Gasteiger partial charge < -0.3 is 5.73 Å². The van der Waals surface area contributed by atoms with Crippen LogP contribution in [0.2, 0.25) is 0 Å². The molecular weight excluding hydrogens is 2690 g/mol. The minimum atomic E-state index is -5.90. The van der Waals surface area contributed by atoms with Crippen molar-refractivity contribution in [1.82, 2.24) is 0 Å². The Kier molecular flexibility index (Phi) is 42.3. The lowest BCUT2D eigenvalue weighted by Crippen LogP contribution is -2.13. The number of thioether (sulfide) groups is 16. The fourth-order valence-corrected chi connectivity index (χ4v) is 27.0. The number of nitrogen functional groups attached to an aromatic ring is 1. The van der Waals surface area contributed by atoms with E-state index in [1.807, 2.05) is 0 Å². The van der Waals surface area contributed by atoms with Gasteiger partial charge in [0.1, 0.15) is 0 Å². The molecule has 0 aliphatic rings. The Bertz CT molecular complexity index is 3310. The summed E-state index contributed by atoms with van der Waals surface area (Å²) < 4.78 is 629. The van der Waals surface area contributed by atoms with Gasteiger partial charge in [0.2, 0.25) is 0 Å². The lowest BCUT2D eigenvalue weighted by atomic mass is 10.2. The third-order valence-electron chi connectivity index (χ3n) is 8.70. The summed E-state index contributed by atoms with van der Waals surface area (Å²) >= 11 is -13.3. The first-order valence-electron chi connectivity index (χ1n) is 23.5. The predicted molar refractivity (Wildman–Crippen MR) is 382 cm³/mol. The monoisotopic (exact) mass is 2700 g/mol. The van der Waals surface area contributed by atoms with E-state index in [9.17, 15) is 211 Å². The number of anilines is 1. The Labute approximate surface area is 737 Å². The zero-order chi connectivity index (χ0) is 89.2. The highest BCUT2D eigenvalue weighted by molar-refractivity contribution is 14.1. The average Bonchev–Trinajstić information content (AvgIpc) is 0.770. The highest BCUT2D eigenvalue weighted by Gasteiger charge is 2.52. The van der Waals surface area contributed by atoms with Crippen molar-refractivity contribution in [2.75, 3.05) is 5.73 Å². The molecule has 2 N–H and O–H groups in total. The molecule has 4 aromatic rings. The second kappa shape index (κ2) is 41.8. The van der Waals surface area contributed by atoms with Gasteiger partial charge in [-0.05, 0) is 336 Å². The van der Waals surface area contributed by atoms with E-state index >= 15 is 0 Å². The molecule has 0 atom stereocenters. The number of alkyl halides is 48. The Morgan fingerprint density at radius 2 is 0.223 bits per heavy atom. The van der Waals surface area contributed by atoms with Gasteiger partial charge in [-0.25, -0.2) is 0 Å². The Morgan fingerprint density at radius 3 is 0.321 bits per heavy atom. The Balaban J connectivity index is 0.000000780. The summed E-state index contributed by atoms with van der Waals surface area (Å²) in [5, 5.41) is 0. The topological polar surface area (TPSA) is 26.0 Å². The molecule has 0 spiro atoms. The van der Waals surface area contributed by atoms with Crippen molar-refractivity contribution in [3.63, 3.8) is 0 Å². The standard InChI is InChI=1S/C12F18S6.C12H3F15S5.C11H2F15NS5.C6I6/c13-7(14,15)31-1-2(32-8(16,17)18)4(34-10(22,23)24)6(36-12(28,29)30)5(35-11(25,26)27)3(1)33-9(19,20)21;1-2-3(28-8(13,14)15)5(30-10(19,20)21)7(32-12(25,26)27)6(31-11(22,23)24)4(2)29-9(16,17)18;12-7(13,14)28-2-1(27)3(29-8(15,16)17)5(31-10(21,22)23)6(32-11(24,25)26)4(2)30-9(18,19)20;7-1-2(8)4(10)6(12)5(11)3(1)9/h;1H3;27H2;. The molecule has 0 radical (unpaired) electrons. The van der Waals surface area contributed by atoms with E-state index in [-0.39, 0.29) is 0 Å². The summed E-state index contributed by atoms with van der Waals surface area (Å²) in [5.74, 6) is 0. The second-order valence-electron chi connectivity index (χ2n) is 17.0. The van der Waals surface area contributed by atoms with E-state index in [1.165, 1.54) is 21.4 Å². The van der Waals surface area contributed by atoms with Gasteiger partial charge in [-0.2, -0.15) is 211 Å². The minimum absolute atomic E-state index is 0.352. The zero-order valence-electron chi connectivity index (χ0n) is 48.5. The SMILES string of the molecule is Cc1c(SC(F)(F)F)c(SC(F)(F)F)c(SC(F)(F)F)c(SC(F)(F)F)c1SC(F)(F)F.FC(F)(F)Sc1c(SC(F)(F)F)c(SC(F)(F)F)c(SC(F)(F)F)c(SC(F)(F)F)c1SC(F)(F)F.Ic1c(I)c(I)c(I)c(I)c1I.Nc1c(SC(F)(F)F)c(SC(F)(F)F)c(SC(F)(F)F)c(SC(F)(F)F)c1SC(F)(F)F. The summed E-state index contributed by atoms with van der Waals surface area (Å²) in [5.41, 5.74) is -89.5. The van der Waals surface area contributed by atoms with E-state index < -0.39 is 366 Å². The molecule has 0 saturated heterocycles. The van der Waals surface area contributed by atoms with Crippen LogP contribution in [0.5, 0.6) is 0 Å². The summed E-state index contributed by atoms with van der Waals surface area (Å²) in [6.45, 7) is 0.352. The maximum atomic E-state index is 13.0. The van der Waals surface area contributed by atoms with Crippen LogP contribution in [-0.4, -0.2) is 88.1 Å². The molecular formula is C41H5F48I6NS16. The van der Waals surface area contributed by atoms with Gasteiger partial charge >= 0.3 is 88.1 Å². The van der Waals surface area contributed by atoms with Gasteiger partial charge in [-0.1, -0.05) is 0 Å². The quantitative estimate of drug-likeness (QED) is 0.0288. The number of rotatable bonds is 16. The number of halogens is 54. The van der Waals surface area contributed by atoms with Gasteiger partial charge in [0.15, 0.2) is 0 Å². The third kappa shape index (κ3) is 44.4. The second-order valence-corrected chi connectivity index (χ2v) is 40.6. The number of benzene rings is 4. The number of hydrogen-bond acceptors (Lipinski definition) is 17. The van der Waals surface area contributed by atoms with Gasteiger partial charge in [0, 0.05) is 90.0 Å². The molecule has 0 aliphatic heterocycles. The molecule has 4 aromatic carbocycles. The van der Waals surface area contributed by atoms with Crippen LogP contribution in [0, 0.1) is 28.3 Å². The first kappa shape index (κ1) is 113. The third-order valence-corrected chi connectivity index (χ3v) is 36.9. The van der Waals surface area contributed by atoms with Crippen LogP contribution in [0.15, 0.2) is 78.3 Å². The molecule has 0 fully saturated rings. The van der Waals surface area contributed by atoms with Crippen molar-refractivity contribution >= 4 is 329 Å². The molecule has 1 nitrogen and oxygen atoms in total. The van der Waals surface area contributed by atoms with E-state index in [0.29, 0.717) is 6.92 Å². The van der Waals surface area contributed by atoms with Gasteiger partial charge in [0.25, 0.3) is 0 Å². The van der Waals surface area contributed by atoms with Crippen LogP contribution in [0.3, 0.4) is 0 Å². The van der Waals surface area contributed by atoms with Crippen LogP contribution < -0.4 is 5.73 Å². The lowest BCUT2D eigenvalue weighted by molar-refractivity contribution is -0.0367. The molecule has 4 rings (SSSR count). The van der Waals surface area contributed by atoms with E-state index in [2.05, 4.69) is 136 Å². The smallest absolute Gasteiger partial charge is 0.397 e. The lowest BCUT2D eigenvalue weighted by Gasteiger charge is -2.26. The molecule has 112 heavy (non-hydrogen) atoms. The number of nitrogens with two attached hydrogens (primary N) is 1. The fourth-order valence-electron chi connectivity index (χ4n) is 6.02. The minimum Gasteiger partial charge on any atom is -0.397 e. The molecule has 0 aromatic heterocycles. The van der Waals surface area contributed by atoms with Crippen molar-refractivity contribution < 1.29 is 211 Å². The molecule has 0 heterocycles. The summed E-state index contributed by atoms with van der Waals surface area (Å²) in [6, 6.07) is 0. The highest BCUT2D eigenvalue weighted by Crippen LogP contribution is 2.67. The first-order valence-corrected chi connectivity index (χ1v) is 43.1. The fraction of sp³-hybridized carbons (Fsp3) is 0.415. The molecule has 71 heteroatoms. The predicted octanol–water partition coefficient (Wildman–Crippen LogP) is 36.1. The maximum absolute atomic E-state index is 13.0. The Hall–Kier alpha value is 3.30. The van der Waals surface area contributed by atoms with E-state index in [0.717, 1.165) is 0 Å². The van der Waals surface area contributed by atoms with Crippen molar-refractivity contribution in [2.45, 2.75) is 173 Å². The van der Waals surface area contributed by atoms with Crippen molar-refractivity contribution in [3.05, 3.63) is 27.0 Å². The molecule has 648 valence electrons. The van der Waals surface area contributed by atoms with Crippen LogP contribution in [-0.2, 0) is 0 Å². The molecule has 0 aliphatic carbocycles. The van der Waals surface area contributed by atoms with Gasteiger partial charge in [0.05, 0.1) is 15.5 Å². The van der Waals surface area contributed by atoms with Crippen LogP contribution in [0.4, 0.5) is 216 Å². The summed E-state index contributed by atoms with van der Waals surface area (Å²) in [6.07, 6.45) is 0. The highest BCUT2D eigenvalue weighted by atomic mass is 127. The van der Waals surface area contributed by atoms with Crippen LogP contribution in [0.1, 0.15) is 5.56 Å². The Morgan fingerprint density at radius 1 is 0.152 bits per heavy atom. The van der Waals surface area contributed by atoms with Crippen molar-refractivity contribution in [2.24, 2.45) is 0 Å². The van der Waals surface area contributed by atoms with Crippen LogP contribution >= 0.6 is 324 Å². The van der Waals surface area contributed by atoms with Gasteiger partial charge in [-0.15, -0.1) is 0 Å². The van der Waals surface area contributed by atoms with E-state index in [4.69, 9.17) is 5.73 Å². The first-order chi connectivity index (χ1) is 48.8. The summed E-state index contributed by atoms with van der Waals surface area (Å²) in [4.78, 5) is -34.3. The van der Waals surface area contributed by atoms with E-state index in [1.54, 1.807) is 0 Å². The average molecular weight is 2700 g/mol. The zero-order valence-corrected chi connectivity index (χ0v) is 74.5. The molecule has 0 saturated carbocycles. The number of hydrogen-bond donors (Lipinski definition) is 1. The molecule has 0 amide bonds. The van der Waals surface area contributed by atoms with Gasteiger partial charge in [-0.3, -0.25) is 0 Å². The molecule has 0 bridgehead atoms. The maximum Gasteiger partial charge on any atom is 0.446 e. The largest absolute Gasteiger partial charge is 0.446 e. The van der Waals surface area contributed by atoms with Crippen LogP contribution in [0.25, 0.3) is 0 Å². The molecule has 0 unspecified atom stereocenters. The summed E-state index contributed by atoms with van der Waals surface area (Å²) in [7, 11) is 0. The normalized spacial score (nSPS) is 13.9.